The van der Waals surface area contributed by atoms with Crippen LogP contribution in [0.2, 0.25) is 0 Å². The maximum absolute atomic E-state index is 11.6. The highest BCUT2D eigenvalue weighted by atomic mass is 16.4. The number of carbonyl (C=O) groups excluding carboxylic acids is 2. The molecule has 0 aliphatic carbocycles. The van der Waals surface area contributed by atoms with Gasteiger partial charge in [0.25, 0.3) is 0 Å². The van der Waals surface area contributed by atoms with E-state index in [2.05, 4.69) is 10.6 Å². The number of hydrogen-bond acceptors (Lipinski definition) is 6. The zero-order valence-corrected chi connectivity index (χ0v) is 11.9. The number of carboxylic acids is 1. The predicted octanol–water partition coefficient (Wildman–Crippen LogP) is -2.57. The van der Waals surface area contributed by atoms with Crippen LogP contribution >= 0.6 is 0 Å². The van der Waals surface area contributed by atoms with Crippen LogP contribution in [0.1, 0.15) is 19.8 Å². The quantitative estimate of drug-likeness (QED) is 0.273. The van der Waals surface area contributed by atoms with Crippen molar-refractivity contribution in [2.75, 3.05) is 13.6 Å². The van der Waals surface area contributed by atoms with Gasteiger partial charge >= 0.3 is 5.97 Å². The van der Waals surface area contributed by atoms with Crippen LogP contribution in [-0.2, 0) is 14.4 Å². The molecule has 0 heterocycles. The van der Waals surface area contributed by atoms with Crippen molar-refractivity contribution in [3.05, 3.63) is 0 Å². The zero-order chi connectivity index (χ0) is 16.6. The summed E-state index contributed by atoms with van der Waals surface area (Å²) in [5.74, 6) is -3.00. The zero-order valence-electron chi connectivity index (χ0n) is 11.9. The molecule has 0 spiro atoms. The van der Waals surface area contributed by atoms with Crippen molar-refractivity contribution < 1.29 is 34.8 Å². The standard InChI is InChI=1S/C12H22N2O7/c1-3-6(11(19)13-2)4-8(16)14-5-7(15)9(17)10(18)12(20)21/h6-7,9-10,15,17-18H,3-5H2,1-2H3,(H,13,19)(H,14,16)(H,20,21)/t6-,7-,9+,10+/m0/s1. The maximum atomic E-state index is 11.6. The van der Waals surface area contributed by atoms with Gasteiger partial charge in [-0.25, -0.2) is 4.79 Å². The normalized spacial score (nSPS) is 16.4. The van der Waals surface area contributed by atoms with Crippen LogP contribution in [0.4, 0.5) is 0 Å². The van der Waals surface area contributed by atoms with Crippen molar-refractivity contribution in [3.63, 3.8) is 0 Å². The molecule has 9 heteroatoms. The van der Waals surface area contributed by atoms with Gasteiger partial charge in [-0.3, -0.25) is 9.59 Å². The highest BCUT2D eigenvalue weighted by Crippen LogP contribution is 2.08. The number of carboxylic acid groups (broad SMARTS) is 1. The molecule has 2 amide bonds. The second-order valence-corrected chi connectivity index (χ2v) is 4.57. The number of rotatable bonds is 9. The largest absolute Gasteiger partial charge is 0.479 e. The van der Waals surface area contributed by atoms with Crippen LogP contribution in [0.15, 0.2) is 0 Å². The summed E-state index contributed by atoms with van der Waals surface area (Å²) in [5, 5.41) is 41.0. The Morgan fingerprint density at radius 3 is 2.14 bits per heavy atom. The highest BCUT2D eigenvalue weighted by molar-refractivity contribution is 5.85. The maximum Gasteiger partial charge on any atom is 0.335 e. The van der Waals surface area contributed by atoms with E-state index < -0.39 is 42.7 Å². The Morgan fingerprint density at radius 1 is 1.14 bits per heavy atom. The number of aliphatic carboxylic acids is 1. The van der Waals surface area contributed by atoms with E-state index in [0.717, 1.165) is 0 Å². The average Bonchev–Trinajstić information content (AvgIpc) is 2.47. The molecule has 0 unspecified atom stereocenters. The lowest BCUT2D eigenvalue weighted by molar-refractivity contribution is -0.157. The summed E-state index contributed by atoms with van der Waals surface area (Å²) in [4.78, 5) is 33.4. The van der Waals surface area contributed by atoms with Gasteiger partial charge in [0.15, 0.2) is 6.10 Å². The van der Waals surface area contributed by atoms with E-state index in [1.165, 1.54) is 7.05 Å². The summed E-state index contributed by atoms with van der Waals surface area (Å²) >= 11 is 0. The van der Waals surface area contributed by atoms with Crippen molar-refractivity contribution in [3.8, 4) is 0 Å². The molecule has 0 rings (SSSR count). The summed E-state index contributed by atoms with van der Waals surface area (Å²) < 4.78 is 0. The van der Waals surface area contributed by atoms with Crippen molar-refractivity contribution in [2.24, 2.45) is 5.92 Å². The van der Waals surface area contributed by atoms with Crippen LogP contribution in [0.25, 0.3) is 0 Å². The number of nitrogens with one attached hydrogen (secondary N) is 2. The Balaban J connectivity index is 4.29. The third-order valence-electron chi connectivity index (χ3n) is 3.02. The van der Waals surface area contributed by atoms with Crippen molar-refractivity contribution in [1.82, 2.24) is 10.6 Å². The topological polar surface area (TPSA) is 156 Å². The molecule has 4 atom stereocenters. The molecule has 6 N–H and O–H groups in total. The summed E-state index contributed by atoms with van der Waals surface area (Å²) in [7, 11) is 1.45. The summed E-state index contributed by atoms with van der Waals surface area (Å²) in [6.07, 6.45) is -5.36. The summed E-state index contributed by atoms with van der Waals surface area (Å²) in [5.41, 5.74) is 0. The molecule has 21 heavy (non-hydrogen) atoms. The first-order valence-corrected chi connectivity index (χ1v) is 6.49. The average molecular weight is 306 g/mol. The number of aliphatic hydroxyl groups is 3. The van der Waals surface area contributed by atoms with Gasteiger partial charge in [-0.05, 0) is 6.42 Å². The number of hydrogen-bond donors (Lipinski definition) is 6. The molecule has 0 aliphatic rings. The van der Waals surface area contributed by atoms with Crippen molar-refractivity contribution >= 4 is 17.8 Å². The molecular weight excluding hydrogens is 284 g/mol. The number of carbonyl (C=O) groups is 3. The predicted molar refractivity (Wildman–Crippen MR) is 71.1 cm³/mol. The molecule has 0 saturated heterocycles. The van der Waals surface area contributed by atoms with Gasteiger partial charge in [-0.1, -0.05) is 6.92 Å². The molecular formula is C12H22N2O7. The van der Waals surface area contributed by atoms with Gasteiger partial charge in [-0.2, -0.15) is 0 Å². The van der Waals surface area contributed by atoms with Gasteiger partial charge < -0.3 is 31.1 Å². The van der Waals surface area contributed by atoms with Crippen molar-refractivity contribution in [2.45, 2.75) is 38.1 Å². The van der Waals surface area contributed by atoms with E-state index in [0.29, 0.717) is 6.42 Å². The molecule has 0 radical (unpaired) electrons. The minimum Gasteiger partial charge on any atom is -0.479 e. The number of aliphatic hydroxyl groups excluding tert-OH is 3. The Labute approximate surface area is 122 Å². The van der Waals surface area contributed by atoms with Gasteiger partial charge in [-0.15, -0.1) is 0 Å². The fraction of sp³-hybridized carbons (Fsp3) is 0.750. The molecule has 0 saturated carbocycles. The van der Waals surface area contributed by atoms with E-state index >= 15 is 0 Å². The lowest BCUT2D eigenvalue weighted by atomic mass is 10.0. The van der Waals surface area contributed by atoms with E-state index in [4.69, 9.17) is 10.2 Å². The minimum atomic E-state index is -2.15. The van der Waals surface area contributed by atoms with E-state index in [9.17, 15) is 24.6 Å². The molecule has 0 aromatic rings. The Kier molecular flexibility index (Phi) is 8.51. The second-order valence-electron chi connectivity index (χ2n) is 4.57. The second kappa shape index (κ2) is 9.27. The first-order valence-electron chi connectivity index (χ1n) is 6.49. The Morgan fingerprint density at radius 2 is 1.71 bits per heavy atom. The van der Waals surface area contributed by atoms with Crippen LogP contribution in [0, 0.1) is 5.92 Å². The molecule has 0 aromatic heterocycles. The van der Waals surface area contributed by atoms with E-state index in [1.54, 1.807) is 6.92 Å². The molecule has 0 fully saturated rings. The van der Waals surface area contributed by atoms with Crippen LogP contribution < -0.4 is 10.6 Å². The van der Waals surface area contributed by atoms with Crippen LogP contribution in [-0.4, -0.2) is 70.1 Å². The van der Waals surface area contributed by atoms with Gasteiger partial charge in [0.2, 0.25) is 11.8 Å². The Bertz CT molecular complexity index is 375. The first kappa shape index (κ1) is 19.3. The van der Waals surface area contributed by atoms with Crippen LogP contribution in [0.5, 0.6) is 0 Å². The number of amides is 2. The molecule has 0 aromatic carbocycles. The van der Waals surface area contributed by atoms with Gasteiger partial charge in [0, 0.05) is 25.9 Å². The first-order chi connectivity index (χ1) is 9.74. The third-order valence-corrected chi connectivity index (χ3v) is 3.02. The van der Waals surface area contributed by atoms with Gasteiger partial charge in [0.05, 0.1) is 0 Å². The monoisotopic (exact) mass is 306 g/mol. The van der Waals surface area contributed by atoms with E-state index in [1.807, 2.05) is 0 Å². The lowest BCUT2D eigenvalue weighted by Crippen LogP contribution is -2.47. The summed E-state index contributed by atoms with van der Waals surface area (Å²) in [6, 6.07) is 0. The summed E-state index contributed by atoms with van der Waals surface area (Å²) in [6.45, 7) is 1.31. The molecule has 0 bridgehead atoms. The smallest absolute Gasteiger partial charge is 0.335 e. The highest BCUT2D eigenvalue weighted by Gasteiger charge is 2.30. The fourth-order valence-corrected chi connectivity index (χ4v) is 1.62. The van der Waals surface area contributed by atoms with E-state index in [-0.39, 0.29) is 12.3 Å². The SMILES string of the molecule is CC[C@@H](CC(=O)NC[C@H](O)[C@@H](O)[C@@H](O)C(=O)O)C(=O)NC. The minimum absolute atomic E-state index is 0.0968. The lowest BCUT2D eigenvalue weighted by Gasteiger charge is -2.21. The molecule has 9 nitrogen and oxygen atoms in total. The molecule has 122 valence electrons. The van der Waals surface area contributed by atoms with Crippen molar-refractivity contribution in [1.29, 1.82) is 0 Å². The Hall–Kier alpha value is -1.71. The van der Waals surface area contributed by atoms with Gasteiger partial charge in [0.1, 0.15) is 12.2 Å². The van der Waals surface area contributed by atoms with Crippen LogP contribution in [0.3, 0.4) is 0 Å². The molecule has 0 aliphatic heterocycles. The third kappa shape index (κ3) is 6.52. The fourth-order valence-electron chi connectivity index (χ4n) is 1.62.